The Morgan fingerprint density at radius 2 is 2.17 bits per heavy atom. The maximum atomic E-state index is 13.7. The zero-order chi connectivity index (χ0) is 21.5. The van der Waals surface area contributed by atoms with Gasteiger partial charge in [0.2, 0.25) is 5.91 Å². The minimum atomic E-state index is -2.66. The van der Waals surface area contributed by atoms with Crippen LogP contribution in [0.3, 0.4) is 0 Å². The predicted octanol–water partition coefficient (Wildman–Crippen LogP) is 2.99. The van der Waals surface area contributed by atoms with Crippen molar-refractivity contribution in [3.05, 3.63) is 30.2 Å². The van der Waals surface area contributed by atoms with Crippen LogP contribution >= 0.6 is 0 Å². The van der Waals surface area contributed by atoms with Crippen LogP contribution in [-0.2, 0) is 4.79 Å². The van der Waals surface area contributed by atoms with E-state index in [0.29, 0.717) is 35.5 Å². The summed E-state index contributed by atoms with van der Waals surface area (Å²) in [5, 5.41) is 4.02. The summed E-state index contributed by atoms with van der Waals surface area (Å²) < 4.78 is 27.4. The van der Waals surface area contributed by atoms with Crippen molar-refractivity contribution in [3.63, 3.8) is 0 Å². The van der Waals surface area contributed by atoms with Crippen molar-refractivity contribution < 1.29 is 13.6 Å². The molecule has 0 bridgehead atoms. The zero-order valence-electron chi connectivity index (χ0n) is 17.5. The van der Waals surface area contributed by atoms with Crippen molar-refractivity contribution in [2.45, 2.75) is 50.1 Å². The van der Waals surface area contributed by atoms with E-state index in [1.54, 1.807) is 12.3 Å². The Kier molecular flexibility index (Phi) is 5.48. The van der Waals surface area contributed by atoms with Gasteiger partial charge in [0.05, 0.1) is 11.3 Å². The molecular weight excluding hydrogens is 390 g/mol. The van der Waals surface area contributed by atoms with Crippen LogP contribution in [0.4, 0.5) is 14.6 Å². The molecule has 4 rings (SSSR count). The van der Waals surface area contributed by atoms with Gasteiger partial charge >= 0.3 is 0 Å². The lowest BCUT2D eigenvalue weighted by molar-refractivity contribution is -0.129. The number of halogens is 2. The van der Waals surface area contributed by atoms with Gasteiger partial charge in [-0.3, -0.25) is 4.79 Å². The number of hydrogen-bond donors (Lipinski definition) is 2. The summed E-state index contributed by atoms with van der Waals surface area (Å²) in [6.45, 7) is 3.30. The van der Waals surface area contributed by atoms with Crippen LogP contribution in [-0.4, -0.2) is 75.9 Å². The van der Waals surface area contributed by atoms with E-state index in [1.165, 1.54) is 6.33 Å². The maximum absolute atomic E-state index is 13.7. The summed E-state index contributed by atoms with van der Waals surface area (Å²) in [6.07, 6.45) is 8.12. The van der Waals surface area contributed by atoms with E-state index < -0.39 is 11.8 Å². The molecule has 2 N–H and O–H groups in total. The summed E-state index contributed by atoms with van der Waals surface area (Å²) in [5.41, 5.74) is 1.11. The van der Waals surface area contributed by atoms with Crippen molar-refractivity contribution in [2.24, 2.45) is 0 Å². The molecule has 1 amide bonds. The monoisotopic (exact) mass is 418 g/mol. The second-order valence-corrected chi connectivity index (χ2v) is 8.63. The Bertz CT molecular complexity index is 956. The Labute approximate surface area is 174 Å². The van der Waals surface area contributed by atoms with Crippen LogP contribution < -0.4 is 5.32 Å². The van der Waals surface area contributed by atoms with Crippen LogP contribution in [0.2, 0.25) is 0 Å². The first kappa shape index (κ1) is 20.7. The largest absolute Gasteiger partial charge is 0.365 e. The van der Waals surface area contributed by atoms with Crippen LogP contribution in [0.5, 0.6) is 0 Å². The molecule has 1 saturated heterocycles. The van der Waals surface area contributed by atoms with Gasteiger partial charge in [-0.2, -0.15) is 0 Å². The average Bonchev–Trinajstić information content (AvgIpc) is 3.11. The van der Waals surface area contributed by atoms with Crippen LogP contribution in [0.15, 0.2) is 24.7 Å². The Balaban J connectivity index is 1.50. The predicted molar refractivity (Wildman–Crippen MR) is 112 cm³/mol. The number of carbonyl (C=O) groups is 1. The number of nitrogens with one attached hydrogen (secondary N) is 2. The molecule has 0 spiro atoms. The zero-order valence-corrected chi connectivity index (χ0v) is 17.5. The van der Waals surface area contributed by atoms with Gasteiger partial charge in [-0.15, -0.1) is 0 Å². The normalized spacial score (nSPS) is 25.9. The van der Waals surface area contributed by atoms with E-state index in [1.807, 2.05) is 30.0 Å². The van der Waals surface area contributed by atoms with Gasteiger partial charge in [-0.1, -0.05) is 6.08 Å². The van der Waals surface area contributed by atoms with Crippen LogP contribution in [0, 0.1) is 0 Å². The van der Waals surface area contributed by atoms with Gasteiger partial charge in [0.25, 0.3) is 5.92 Å². The number of H-pyrrole nitrogens is 1. The molecule has 0 radical (unpaired) electrons. The molecular formula is C21H28F2N6O. The quantitative estimate of drug-likeness (QED) is 0.706. The second-order valence-electron chi connectivity index (χ2n) is 8.63. The number of piperidine rings is 1. The van der Waals surface area contributed by atoms with Gasteiger partial charge in [-0.05, 0) is 39.4 Å². The third-order valence-electron chi connectivity index (χ3n) is 5.94. The van der Waals surface area contributed by atoms with Gasteiger partial charge in [0.15, 0.2) is 0 Å². The van der Waals surface area contributed by atoms with E-state index in [-0.39, 0.29) is 24.4 Å². The minimum Gasteiger partial charge on any atom is -0.365 e. The first-order valence-electron chi connectivity index (χ1n) is 10.3. The SMILES string of the molecule is C[C@H]1CCC(Nc2ncnc3[nH]cc(C4CC4(F)F)c23)CN1C(=O)/C=C/CN(C)C. The molecule has 2 aromatic heterocycles. The topological polar surface area (TPSA) is 77.1 Å². The molecule has 2 aromatic rings. The van der Waals surface area contributed by atoms with Crippen LogP contribution in [0.25, 0.3) is 11.0 Å². The molecule has 2 aliphatic rings. The van der Waals surface area contributed by atoms with E-state index in [2.05, 4.69) is 27.2 Å². The highest BCUT2D eigenvalue weighted by atomic mass is 19.3. The molecule has 1 saturated carbocycles. The number of anilines is 1. The fourth-order valence-electron chi connectivity index (χ4n) is 4.11. The Morgan fingerprint density at radius 1 is 1.40 bits per heavy atom. The number of likely N-dealkylation sites (tertiary alicyclic amines) is 1. The highest BCUT2D eigenvalue weighted by Gasteiger charge is 2.58. The first-order chi connectivity index (χ1) is 14.3. The Morgan fingerprint density at radius 3 is 2.87 bits per heavy atom. The lowest BCUT2D eigenvalue weighted by Gasteiger charge is -2.38. The minimum absolute atomic E-state index is 0.00652. The van der Waals surface area contributed by atoms with Crippen molar-refractivity contribution in [1.29, 1.82) is 0 Å². The van der Waals surface area contributed by atoms with E-state index >= 15 is 0 Å². The summed E-state index contributed by atoms with van der Waals surface area (Å²) >= 11 is 0. The molecule has 1 aliphatic carbocycles. The highest BCUT2D eigenvalue weighted by molar-refractivity contribution is 5.91. The number of rotatable bonds is 6. The molecule has 7 nitrogen and oxygen atoms in total. The number of fused-ring (bicyclic) bond motifs is 1. The molecule has 162 valence electrons. The number of aromatic amines is 1. The van der Waals surface area contributed by atoms with Gasteiger partial charge in [0, 0.05) is 43.9 Å². The van der Waals surface area contributed by atoms with Crippen molar-refractivity contribution in [3.8, 4) is 0 Å². The lowest BCUT2D eigenvalue weighted by Crippen LogP contribution is -2.49. The summed E-state index contributed by atoms with van der Waals surface area (Å²) in [6, 6.07) is 0.144. The number of likely N-dealkylation sites (N-methyl/N-ethyl adjacent to an activating group) is 1. The fraction of sp³-hybridized carbons (Fsp3) is 0.571. The van der Waals surface area contributed by atoms with E-state index in [0.717, 1.165) is 12.8 Å². The smallest absolute Gasteiger partial charge is 0.256 e. The standard InChI is InChI=1S/C21H28F2N6O/c1-13-6-7-14(11-29(13)17(30)5-4-8-28(2)3)27-20-18-15(16-9-21(16,22)23)10-24-19(18)25-12-26-20/h4-5,10,12-14,16H,6-9,11H2,1-3H3,(H2,24,25,26,27)/b5-4+/t13-,14?,16?/m0/s1. The third kappa shape index (κ3) is 4.16. The average molecular weight is 418 g/mol. The second kappa shape index (κ2) is 7.94. The van der Waals surface area contributed by atoms with Gasteiger partial charge < -0.3 is 20.1 Å². The molecule has 3 heterocycles. The molecule has 9 heteroatoms. The summed E-state index contributed by atoms with van der Waals surface area (Å²) in [7, 11) is 3.90. The first-order valence-corrected chi connectivity index (χ1v) is 10.3. The molecule has 3 atom stereocenters. The molecule has 0 aromatic carbocycles. The maximum Gasteiger partial charge on any atom is 0.256 e. The van der Waals surface area contributed by atoms with Gasteiger partial charge in [-0.25, -0.2) is 18.7 Å². The van der Waals surface area contributed by atoms with Gasteiger partial charge in [0.1, 0.15) is 17.8 Å². The van der Waals surface area contributed by atoms with E-state index in [9.17, 15) is 13.6 Å². The number of amides is 1. The lowest BCUT2D eigenvalue weighted by atomic mass is 9.99. The number of alkyl halides is 2. The molecule has 2 fully saturated rings. The van der Waals surface area contributed by atoms with Crippen LogP contribution in [0.1, 0.15) is 37.7 Å². The third-order valence-corrected chi connectivity index (χ3v) is 5.94. The summed E-state index contributed by atoms with van der Waals surface area (Å²) in [4.78, 5) is 28.0. The number of aromatic nitrogens is 3. The Hall–Kier alpha value is -2.55. The number of nitrogens with zero attached hydrogens (tertiary/aromatic N) is 4. The van der Waals surface area contributed by atoms with Crippen molar-refractivity contribution >= 4 is 22.8 Å². The van der Waals surface area contributed by atoms with Crippen molar-refractivity contribution in [1.82, 2.24) is 24.8 Å². The number of carbonyl (C=O) groups excluding carboxylic acids is 1. The molecule has 30 heavy (non-hydrogen) atoms. The molecule has 2 unspecified atom stereocenters. The summed E-state index contributed by atoms with van der Waals surface area (Å²) in [5.74, 6) is -2.91. The fourth-order valence-corrected chi connectivity index (χ4v) is 4.11. The van der Waals surface area contributed by atoms with Crippen molar-refractivity contribution in [2.75, 3.05) is 32.5 Å². The van der Waals surface area contributed by atoms with E-state index in [4.69, 9.17) is 0 Å². The highest BCUT2D eigenvalue weighted by Crippen LogP contribution is 2.57. The molecule has 1 aliphatic heterocycles. The number of hydrogen-bond acceptors (Lipinski definition) is 5.